The maximum absolute atomic E-state index is 12.0. The fourth-order valence-electron chi connectivity index (χ4n) is 1.05. The lowest BCUT2D eigenvalue weighted by atomic mass is 9.94. The molecule has 0 radical (unpaired) electrons. The van der Waals surface area contributed by atoms with E-state index < -0.39 is 15.6 Å². The predicted molar refractivity (Wildman–Crippen MR) is 66.8 cm³/mol. The second-order valence-corrected chi connectivity index (χ2v) is 8.18. The van der Waals surface area contributed by atoms with E-state index in [1.807, 2.05) is 20.8 Å². The zero-order chi connectivity index (χ0) is 13.2. The van der Waals surface area contributed by atoms with Crippen LogP contribution >= 0.6 is 0 Å². The molecule has 0 amide bonds. The summed E-state index contributed by atoms with van der Waals surface area (Å²) in [6, 6.07) is 0. The Hall–Kier alpha value is -0.130. The molecule has 0 aromatic carbocycles. The zero-order valence-corrected chi connectivity index (χ0v) is 12.1. The number of hydrogen-bond acceptors (Lipinski definition) is 3. The molecule has 0 saturated heterocycles. The van der Waals surface area contributed by atoms with E-state index in [0.29, 0.717) is 6.42 Å². The third kappa shape index (κ3) is 4.80. The molecule has 0 fully saturated rings. The summed E-state index contributed by atoms with van der Waals surface area (Å²) in [7, 11) is -1.77. The summed E-state index contributed by atoms with van der Waals surface area (Å²) in [5.41, 5.74) is -0.742. The molecule has 0 aliphatic rings. The minimum absolute atomic E-state index is 0.00271. The fraction of sp³-hybridized carbons (Fsp3) is 1.00. The lowest BCUT2D eigenvalue weighted by Gasteiger charge is -2.33. The number of hydrogen-bond donors (Lipinski definition) is 1. The molecule has 0 saturated carbocycles. The van der Waals surface area contributed by atoms with Crippen LogP contribution in [0.3, 0.4) is 0 Å². The van der Waals surface area contributed by atoms with Crippen LogP contribution in [0.2, 0.25) is 0 Å². The molecule has 0 unspecified atom stereocenters. The van der Waals surface area contributed by atoms with Gasteiger partial charge in [0.1, 0.15) is 0 Å². The van der Waals surface area contributed by atoms with Gasteiger partial charge in [-0.2, -0.15) is 4.31 Å². The van der Waals surface area contributed by atoms with Crippen molar-refractivity contribution in [1.29, 1.82) is 0 Å². The predicted octanol–water partition coefficient (Wildman–Crippen LogP) is 1.46. The number of sulfonamides is 1. The van der Waals surface area contributed by atoms with Gasteiger partial charge in [0.2, 0.25) is 10.0 Å². The lowest BCUT2D eigenvalue weighted by Crippen LogP contribution is -2.48. The van der Waals surface area contributed by atoms with Crippen molar-refractivity contribution in [3.8, 4) is 0 Å². The van der Waals surface area contributed by atoms with Gasteiger partial charge in [0.25, 0.3) is 0 Å². The molecular weight excluding hydrogens is 226 g/mol. The third-order valence-electron chi connectivity index (χ3n) is 2.77. The average molecular weight is 251 g/mol. The van der Waals surface area contributed by atoms with Crippen LogP contribution in [0, 0.1) is 5.41 Å². The molecule has 16 heavy (non-hydrogen) atoms. The van der Waals surface area contributed by atoms with Crippen LogP contribution in [0.25, 0.3) is 0 Å². The van der Waals surface area contributed by atoms with Gasteiger partial charge >= 0.3 is 0 Å². The van der Waals surface area contributed by atoms with Gasteiger partial charge in [0.15, 0.2) is 0 Å². The molecule has 1 N–H and O–H groups in total. The van der Waals surface area contributed by atoms with Crippen LogP contribution in [0.5, 0.6) is 0 Å². The summed E-state index contributed by atoms with van der Waals surface area (Å²) in [6.45, 7) is 9.28. The van der Waals surface area contributed by atoms with Crippen molar-refractivity contribution in [3.63, 3.8) is 0 Å². The molecule has 0 bridgehead atoms. The Morgan fingerprint density at radius 2 is 1.56 bits per heavy atom. The zero-order valence-electron chi connectivity index (χ0n) is 11.2. The highest BCUT2D eigenvalue weighted by Gasteiger charge is 2.32. The first-order valence-corrected chi connectivity index (χ1v) is 7.11. The summed E-state index contributed by atoms with van der Waals surface area (Å²) in [5.74, 6) is 0.121. The Morgan fingerprint density at radius 1 is 1.12 bits per heavy atom. The smallest absolute Gasteiger partial charge is 0.214 e. The molecule has 0 atom stereocenters. The monoisotopic (exact) mass is 251 g/mol. The number of aliphatic hydroxyl groups is 1. The first-order chi connectivity index (χ1) is 6.92. The Labute approximate surface area is 99.7 Å². The van der Waals surface area contributed by atoms with Gasteiger partial charge < -0.3 is 5.11 Å². The van der Waals surface area contributed by atoms with Gasteiger partial charge in [-0.1, -0.05) is 20.8 Å². The Bertz CT molecular complexity index is 315. The Balaban J connectivity index is 4.69. The van der Waals surface area contributed by atoms with Crippen molar-refractivity contribution in [3.05, 3.63) is 0 Å². The van der Waals surface area contributed by atoms with Crippen molar-refractivity contribution < 1.29 is 13.5 Å². The summed E-state index contributed by atoms with van der Waals surface area (Å²) in [4.78, 5) is 0. The number of likely N-dealkylation sites (N-methyl/N-ethyl adjacent to an activating group) is 1. The molecule has 5 heteroatoms. The van der Waals surface area contributed by atoms with Crippen LogP contribution < -0.4 is 0 Å². The molecule has 0 rings (SSSR count). The second-order valence-electron chi connectivity index (χ2n) is 6.06. The van der Waals surface area contributed by atoms with Crippen LogP contribution in [0.15, 0.2) is 0 Å². The van der Waals surface area contributed by atoms with Crippen LogP contribution in [0.1, 0.15) is 41.0 Å². The van der Waals surface area contributed by atoms with Crippen molar-refractivity contribution in [2.24, 2.45) is 5.41 Å². The Kier molecular flexibility index (Phi) is 4.98. The highest BCUT2D eigenvalue weighted by atomic mass is 32.2. The highest BCUT2D eigenvalue weighted by Crippen LogP contribution is 2.22. The molecule has 0 aliphatic carbocycles. The van der Waals surface area contributed by atoms with E-state index in [1.165, 1.54) is 11.4 Å². The van der Waals surface area contributed by atoms with E-state index in [9.17, 15) is 8.42 Å². The van der Waals surface area contributed by atoms with Gasteiger partial charge in [0.05, 0.1) is 17.9 Å². The Morgan fingerprint density at radius 3 is 1.88 bits per heavy atom. The first kappa shape index (κ1) is 15.9. The maximum Gasteiger partial charge on any atom is 0.214 e. The molecule has 0 aliphatic heterocycles. The molecule has 0 aromatic heterocycles. The highest BCUT2D eigenvalue weighted by molar-refractivity contribution is 7.89. The lowest BCUT2D eigenvalue weighted by molar-refractivity contribution is 0.137. The van der Waals surface area contributed by atoms with E-state index in [4.69, 9.17) is 5.11 Å². The largest absolute Gasteiger partial charge is 0.394 e. The summed E-state index contributed by atoms with van der Waals surface area (Å²) in [6.07, 6.45) is 0.612. The molecule has 0 heterocycles. The maximum atomic E-state index is 12.0. The van der Waals surface area contributed by atoms with E-state index in [1.54, 1.807) is 13.8 Å². The quantitative estimate of drug-likeness (QED) is 0.804. The number of aliphatic hydroxyl groups excluding tert-OH is 1. The van der Waals surface area contributed by atoms with E-state index >= 15 is 0 Å². The number of rotatable bonds is 5. The second kappa shape index (κ2) is 5.02. The molecular formula is C11H25NO3S. The molecule has 0 spiro atoms. The SMILES string of the molecule is CN(C(C)(C)CO)S(=O)(=O)CCC(C)(C)C. The first-order valence-electron chi connectivity index (χ1n) is 5.50. The van der Waals surface area contributed by atoms with Gasteiger partial charge in [0, 0.05) is 7.05 Å². The summed E-state index contributed by atoms with van der Waals surface area (Å²) < 4.78 is 25.3. The van der Waals surface area contributed by atoms with Crippen LogP contribution in [-0.2, 0) is 10.0 Å². The van der Waals surface area contributed by atoms with Gasteiger partial charge in [-0.15, -0.1) is 0 Å². The van der Waals surface area contributed by atoms with E-state index in [2.05, 4.69) is 0 Å². The van der Waals surface area contributed by atoms with E-state index in [-0.39, 0.29) is 17.8 Å². The fourth-order valence-corrected chi connectivity index (χ4v) is 3.00. The summed E-state index contributed by atoms with van der Waals surface area (Å²) in [5, 5.41) is 9.15. The van der Waals surface area contributed by atoms with Crippen LogP contribution in [-0.4, -0.2) is 42.8 Å². The molecule has 4 nitrogen and oxygen atoms in total. The minimum Gasteiger partial charge on any atom is -0.394 e. The standard InChI is InChI=1S/C11H25NO3S/c1-10(2,3)7-8-16(14,15)12(6)11(4,5)9-13/h13H,7-9H2,1-6H3. The normalized spacial score (nSPS) is 14.5. The van der Waals surface area contributed by atoms with Crippen molar-refractivity contribution >= 4 is 10.0 Å². The van der Waals surface area contributed by atoms with Crippen molar-refractivity contribution in [2.75, 3.05) is 19.4 Å². The van der Waals surface area contributed by atoms with Crippen LogP contribution in [0.4, 0.5) is 0 Å². The van der Waals surface area contributed by atoms with Gasteiger partial charge in [-0.3, -0.25) is 0 Å². The summed E-state index contributed by atoms with van der Waals surface area (Å²) >= 11 is 0. The average Bonchev–Trinajstić information content (AvgIpc) is 2.13. The number of nitrogens with zero attached hydrogens (tertiary/aromatic N) is 1. The van der Waals surface area contributed by atoms with Gasteiger partial charge in [-0.05, 0) is 25.7 Å². The van der Waals surface area contributed by atoms with Crippen molar-refractivity contribution in [1.82, 2.24) is 4.31 Å². The topological polar surface area (TPSA) is 57.6 Å². The molecule has 98 valence electrons. The van der Waals surface area contributed by atoms with Crippen molar-refractivity contribution in [2.45, 2.75) is 46.6 Å². The third-order valence-corrected chi connectivity index (χ3v) is 4.82. The van der Waals surface area contributed by atoms with E-state index in [0.717, 1.165) is 0 Å². The molecule has 0 aromatic rings. The van der Waals surface area contributed by atoms with Gasteiger partial charge in [-0.25, -0.2) is 8.42 Å². The minimum atomic E-state index is -3.29.